The second kappa shape index (κ2) is 10.5. The summed E-state index contributed by atoms with van der Waals surface area (Å²) in [5.41, 5.74) is 5.18. The Bertz CT molecular complexity index is 1100. The first kappa shape index (κ1) is 22.2. The number of thioether (sulfide) groups is 1. The van der Waals surface area contributed by atoms with Gasteiger partial charge in [-0.15, -0.1) is 0 Å². The summed E-state index contributed by atoms with van der Waals surface area (Å²) in [5, 5.41) is 15.2. The number of nitrogens with one attached hydrogen (secondary N) is 1. The van der Waals surface area contributed by atoms with Crippen molar-refractivity contribution in [3.63, 3.8) is 0 Å². The highest BCUT2D eigenvalue weighted by atomic mass is 79.9. The van der Waals surface area contributed by atoms with Crippen molar-refractivity contribution in [3.8, 4) is 17.3 Å². The van der Waals surface area contributed by atoms with Crippen LogP contribution in [0.3, 0.4) is 0 Å². The smallest absolute Gasteiger partial charge is 0.190 e. The molecule has 2 aromatic heterocycles. The summed E-state index contributed by atoms with van der Waals surface area (Å²) in [5.74, 6) is 1.68. The molecule has 30 heavy (non-hydrogen) atoms. The van der Waals surface area contributed by atoms with Gasteiger partial charge in [0.1, 0.15) is 16.2 Å². The molecule has 9 heteroatoms. The molecule has 0 bridgehead atoms. The maximum absolute atomic E-state index is 9.80. The fourth-order valence-corrected chi connectivity index (χ4v) is 3.68. The van der Waals surface area contributed by atoms with Crippen molar-refractivity contribution in [1.29, 1.82) is 5.26 Å². The SMILES string of the molecule is CC(C)CSc1nc(N/N=C/c2cccc(Br)n2)c(C#N)c(-c2ccc(Cl)cc2)n1. The Morgan fingerprint density at radius 2 is 1.97 bits per heavy atom. The quantitative estimate of drug-likeness (QED) is 0.140. The van der Waals surface area contributed by atoms with E-state index in [4.69, 9.17) is 11.6 Å². The molecule has 0 spiro atoms. The van der Waals surface area contributed by atoms with Crippen LogP contribution in [0.2, 0.25) is 5.02 Å². The molecule has 0 saturated heterocycles. The van der Waals surface area contributed by atoms with Crippen molar-refractivity contribution in [2.45, 2.75) is 19.0 Å². The predicted molar refractivity (Wildman–Crippen MR) is 126 cm³/mol. The lowest BCUT2D eigenvalue weighted by atomic mass is 10.1. The third-order valence-electron chi connectivity index (χ3n) is 3.77. The van der Waals surface area contributed by atoms with Crippen molar-refractivity contribution in [3.05, 3.63) is 63.3 Å². The van der Waals surface area contributed by atoms with Crippen LogP contribution in [0.4, 0.5) is 5.82 Å². The van der Waals surface area contributed by atoms with Crippen LogP contribution < -0.4 is 5.43 Å². The molecule has 6 nitrogen and oxygen atoms in total. The fraction of sp³-hybridized carbons (Fsp3) is 0.190. The van der Waals surface area contributed by atoms with E-state index in [9.17, 15) is 5.26 Å². The van der Waals surface area contributed by atoms with Crippen LogP contribution in [-0.4, -0.2) is 26.9 Å². The van der Waals surface area contributed by atoms with Gasteiger partial charge in [-0.25, -0.2) is 15.0 Å². The van der Waals surface area contributed by atoms with Gasteiger partial charge in [-0.3, -0.25) is 5.43 Å². The highest BCUT2D eigenvalue weighted by Gasteiger charge is 2.16. The van der Waals surface area contributed by atoms with Crippen molar-refractivity contribution in [1.82, 2.24) is 15.0 Å². The fourth-order valence-electron chi connectivity index (χ4n) is 2.40. The summed E-state index contributed by atoms with van der Waals surface area (Å²) in [6.07, 6.45) is 1.57. The lowest BCUT2D eigenvalue weighted by Gasteiger charge is -2.11. The molecule has 0 fully saturated rings. The van der Waals surface area contributed by atoms with Gasteiger partial charge in [-0.2, -0.15) is 10.4 Å². The molecule has 1 N–H and O–H groups in total. The average Bonchev–Trinajstić information content (AvgIpc) is 2.72. The van der Waals surface area contributed by atoms with Crippen molar-refractivity contribution >= 4 is 51.3 Å². The zero-order valence-corrected chi connectivity index (χ0v) is 19.5. The molecule has 0 aliphatic carbocycles. The number of hydrogen-bond donors (Lipinski definition) is 1. The van der Waals surface area contributed by atoms with Gasteiger partial charge in [-0.05, 0) is 46.1 Å². The van der Waals surface area contributed by atoms with Crippen molar-refractivity contribution < 1.29 is 0 Å². The van der Waals surface area contributed by atoms with E-state index in [2.05, 4.69) is 61.3 Å². The van der Waals surface area contributed by atoms with Crippen LogP contribution in [0.1, 0.15) is 25.1 Å². The highest BCUT2D eigenvalue weighted by molar-refractivity contribution is 9.10. The lowest BCUT2D eigenvalue weighted by Crippen LogP contribution is -2.04. The second-order valence-electron chi connectivity index (χ2n) is 6.66. The molecule has 0 radical (unpaired) electrons. The minimum atomic E-state index is 0.311. The molecule has 2 heterocycles. The zero-order chi connectivity index (χ0) is 21.5. The first-order valence-electron chi connectivity index (χ1n) is 9.08. The molecule has 0 aliphatic heterocycles. The monoisotopic (exact) mass is 500 g/mol. The molecular weight excluding hydrogens is 484 g/mol. The van der Waals surface area contributed by atoms with E-state index in [1.165, 1.54) is 11.8 Å². The number of pyridine rings is 1. The molecule has 3 rings (SSSR count). The third-order valence-corrected chi connectivity index (χ3v) is 5.74. The topological polar surface area (TPSA) is 86.9 Å². The van der Waals surface area contributed by atoms with E-state index in [0.29, 0.717) is 43.5 Å². The first-order chi connectivity index (χ1) is 14.5. The number of hydrogen-bond acceptors (Lipinski definition) is 7. The normalized spacial score (nSPS) is 11.1. The summed E-state index contributed by atoms with van der Waals surface area (Å²) in [6.45, 7) is 4.26. The number of nitriles is 1. The minimum absolute atomic E-state index is 0.311. The van der Waals surface area contributed by atoms with Gasteiger partial charge in [0, 0.05) is 16.3 Å². The van der Waals surface area contributed by atoms with Gasteiger partial charge >= 0.3 is 0 Å². The molecule has 0 unspecified atom stereocenters. The first-order valence-corrected chi connectivity index (χ1v) is 11.2. The summed E-state index contributed by atoms with van der Waals surface area (Å²) in [7, 11) is 0. The minimum Gasteiger partial charge on any atom is -0.260 e. The van der Waals surface area contributed by atoms with Crippen LogP contribution in [-0.2, 0) is 0 Å². The predicted octanol–water partition coefficient (Wildman–Crippen LogP) is 6.02. The largest absolute Gasteiger partial charge is 0.260 e. The number of anilines is 1. The molecule has 0 amide bonds. The maximum Gasteiger partial charge on any atom is 0.190 e. The third kappa shape index (κ3) is 6.02. The number of halogens is 2. The Kier molecular flexibility index (Phi) is 7.80. The molecule has 152 valence electrons. The summed E-state index contributed by atoms with van der Waals surface area (Å²) >= 11 is 10.9. The van der Waals surface area contributed by atoms with E-state index in [1.54, 1.807) is 18.3 Å². The number of rotatable bonds is 7. The van der Waals surface area contributed by atoms with Gasteiger partial charge < -0.3 is 0 Å². The number of nitrogens with zero attached hydrogens (tertiary/aromatic N) is 5. The van der Waals surface area contributed by atoms with Crippen molar-refractivity contribution in [2.75, 3.05) is 11.2 Å². The summed E-state index contributed by atoms with van der Waals surface area (Å²) in [4.78, 5) is 13.4. The van der Waals surface area contributed by atoms with Crippen LogP contribution in [0.15, 0.2) is 57.3 Å². The van der Waals surface area contributed by atoms with Crippen LogP contribution in [0.25, 0.3) is 11.3 Å². The van der Waals surface area contributed by atoms with Gasteiger partial charge in [-0.1, -0.05) is 55.4 Å². The van der Waals surface area contributed by atoms with E-state index in [1.807, 2.05) is 30.3 Å². The second-order valence-corrected chi connectivity index (χ2v) is 8.89. The molecule has 0 atom stereocenters. The van der Waals surface area contributed by atoms with Crippen molar-refractivity contribution in [2.24, 2.45) is 11.0 Å². The van der Waals surface area contributed by atoms with Gasteiger partial charge in [0.15, 0.2) is 11.0 Å². The molecule has 1 aromatic carbocycles. The molecule has 0 saturated carbocycles. The Balaban J connectivity index is 1.98. The summed E-state index contributed by atoms with van der Waals surface area (Å²) in [6, 6.07) is 14.9. The molecule has 3 aromatic rings. The van der Waals surface area contributed by atoms with Crippen LogP contribution in [0, 0.1) is 17.2 Å². The molecular formula is C21H18BrClN6S. The number of hydrazone groups is 1. The van der Waals surface area contributed by atoms with Crippen LogP contribution >= 0.6 is 39.3 Å². The van der Waals surface area contributed by atoms with E-state index in [-0.39, 0.29) is 0 Å². The highest BCUT2D eigenvalue weighted by Crippen LogP contribution is 2.30. The van der Waals surface area contributed by atoms with Gasteiger partial charge in [0.05, 0.1) is 17.6 Å². The van der Waals surface area contributed by atoms with Gasteiger partial charge in [0.2, 0.25) is 0 Å². The van der Waals surface area contributed by atoms with E-state index >= 15 is 0 Å². The van der Waals surface area contributed by atoms with Crippen LogP contribution in [0.5, 0.6) is 0 Å². The average molecular weight is 502 g/mol. The Morgan fingerprint density at radius 3 is 2.63 bits per heavy atom. The summed E-state index contributed by atoms with van der Waals surface area (Å²) < 4.78 is 0.712. The Morgan fingerprint density at radius 1 is 1.20 bits per heavy atom. The Labute approximate surface area is 192 Å². The number of aromatic nitrogens is 3. The van der Waals surface area contributed by atoms with Gasteiger partial charge in [0.25, 0.3) is 0 Å². The Hall–Kier alpha value is -2.47. The molecule has 0 aliphatic rings. The van der Waals surface area contributed by atoms with E-state index < -0.39 is 0 Å². The maximum atomic E-state index is 9.80. The standard InChI is InChI=1S/C21H18BrClN6S/c1-13(2)12-30-21-27-19(14-6-8-15(23)9-7-14)17(10-24)20(28-21)29-25-11-16-4-3-5-18(22)26-16/h3-9,11,13H,12H2,1-2H3,(H,27,28,29)/b25-11+. The number of benzene rings is 1. The zero-order valence-electron chi connectivity index (χ0n) is 16.3. The lowest BCUT2D eigenvalue weighted by molar-refractivity contribution is 0.748. The van der Waals surface area contributed by atoms with E-state index in [0.717, 1.165) is 11.3 Å².